The van der Waals surface area contributed by atoms with Crippen molar-refractivity contribution in [3.8, 4) is 11.5 Å². The van der Waals surface area contributed by atoms with E-state index in [0.717, 1.165) is 11.8 Å². The zero-order chi connectivity index (χ0) is 20.5. The van der Waals surface area contributed by atoms with E-state index < -0.39 is 11.2 Å². The van der Waals surface area contributed by atoms with Crippen LogP contribution in [0.25, 0.3) is 0 Å². The number of nitrogens with zero attached hydrogens (tertiary/aromatic N) is 2. The van der Waals surface area contributed by atoms with Gasteiger partial charge in [-0.25, -0.2) is 0 Å². The number of phenolic OH excluding ortho intramolecular Hbond substituents is 1. The lowest BCUT2D eigenvalue weighted by molar-refractivity contribution is -0.137. The van der Waals surface area contributed by atoms with E-state index in [1.807, 2.05) is 0 Å². The molecular formula is C17H20N4O6S. The number of phenols is 1. The molecule has 1 atom stereocenters. The van der Waals surface area contributed by atoms with Gasteiger partial charge in [0.15, 0.2) is 16.7 Å². The number of hydrogen-bond donors (Lipinski definition) is 4. The van der Waals surface area contributed by atoms with Gasteiger partial charge in [0.05, 0.1) is 13.3 Å². The molecule has 0 aliphatic carbocycles. The summed E-state index contributed by atoms with van der Waals surface area (Å²) in [6.07, 6.45) is 1.70. The number of aromatic hydroxyl groups is 1. The second-order valence-corrected chi connectivity index (χ2v) is 6.92. The Labute approximate surface area is 165 Å². The third-order valence-corrected chi connectivity index (χ3v) is 4.67. The number of carbonyl (C=O) groups is 3. The van der Waals surface area contributed by atoms with Crippen molar-refractivity contribution in [2.24, 2.45) is 10.2 Å². The van der Waals surface area contributed by atoms with E-state index in [9.17, 15) is 19.5 Å². The summed E-state index contributed by atoms with van der Waals surface area (Å²) in [6, 6.07) is 4.67. The molecule has 1 aromatic carbocycles. The molecule has 2 amide bonds. The lowest BCUT2D eigenvalue weighted by Gasteiger charge is -2.06. The van der Waals surface area contributed by atoms with Gasteiger partial charge >= 0.3 is 5.97 Å². The zero-order valence-electron chi connectivity index (χ0n) is 15.0. The fourth-order valence-corrected chi connectivity index (χ4v) is 3.14. The summed E-state index contributed by atoms with van der Waals surface area (Å²) in [5.74, 6) is -1.29. The number of carbonyl (C=O) groups excluding carboxylic acids is 2. The number of amidine groups is 1. The molecule has 0 radical (unpaired) electrons. The Bertz CT molecular complexity index is 811. The molecule has 0 aromatic heterocycles. The van der Waals surface area contributed by atoms with Gasteiger partial charge in [-0.15, -0.1) is 5.10 Å². The molecule has 1 aliphatic heterocycles. The number of carboxylic acids is 1. The summed E-state index contributed by atoms with van der Waals surface area (Å²) < 4.78 is 5.00. The molecule has 0 saturated carbocycles. The first-order chi connectivity index (χ1) is 13.4. The lowest BCUT2D eigenvalue weighted by Crippen LogP contribution is -2.31. The van der Waals surface area contributed by atoms with Gasteiger partial charge in [0, 0.05) is 19.4 Å². The Kier molecular flexibility index (Phi) is 7.81. The number of thioether (sulfide) groups is 1. The van der Waals surface area contributed by atoms with E-state index in [1.54, 1.807) is 12.1 Å². The average Bonchev–Trinajstić information content (AvgIpc) is 2.99. The minimum atomic E-state index is -0.924. The number of methoxy groups -OCH3 is 1. The molecule has 0 spiro atoms. The highest BCUT2D eigenvalue weighted by Crippen LogP contribution is 2.25. The van der Waals surface area contributed by atoms with E-state index in [2.05, 4.69) is 20.8 Å². The van der Waals surface area contributed by atoms with Crippen LogP contribution in [0.5, 0.6) is 11.5 Å². The van der Waals surface area contributed by atoms with Crippen LogP contribution in [0.15, 0.2) is 28.4 Å². The fraction of sp³-hybridized carbons (Fsp3) is 0.353. The highest BCUT2D eigenvalue weighted by molar-refractivity contribution is 8.15. The number of aliphatic carboxylic acids is 1. The fourth-order valence-electron chi connectivity index (χ4n) is 2.22. The SMILES string of the molecule is COc1cc(C=NN=C2NC(=O)C(CC(=O)NCCCC(=O)O)S2)ccc1O. The summed E-state index contributed by atoms with van der Waals surface area (Å²) in [4.78, 5) is 34.2. The van der Waals surface area contributed by atoms with E-state index in [1.165, 1.54) is 19.4 Å². The normalized spacial score (nSPS) is 17.7. The van der Waals surface area contributed by atoms with Crippen molar-refractivity contribution in [2.45, 2.75) is 24.5 Å². The van der Waals surface area contributed by atoms with Gasteiger partial charge in [-0.1, -0.05) is 11.8 Å². The van der Waals surface area contributed by atoms with E-state index in [4.69, 9.17) is 9.84 Å². The predicted octanol–water partition coefficient (Wildman–Crippen LogP) is 0.693. The first kappa shape index (κ1) is 21.2. The van der Waals surface area contributed by atoms with Gasteiger partial charge < -0.3 is 25.6 Å². The molecule has 2 rings (SSSR count). The van der Waals surface area contributed by atoms with Crippen LogP contribution < -0.4 is 15.4 Å². The van der Waals surface area contributed by atoms with Crippen molar-refractivity contribution < 1.29 is 29.3 Å². The molecule has 1 saturated heterocycles. The first-order valence-corrected chi connectivity index (χ1v) is 9.21. The molecule has 10 nitrogen and oxygen atoms in total. The third kappa shape index (κ3) is 6.58. The van der Waals surface area contributed by atoms with Crippen molar-refractivity contribution in [1.82, 2.24) is 10.6 Å². The standard InChI is InChI=1S/C17H20N4O6S/c1-27-12-7-10(4-5-11(12)22)9-19-21-17-20-16(26)13(28-17)8-14(23)18-6-2-3-15(24)25/h4-5,7,9,13,22H,2-3,6,8H2,1H3,(H,18,23)(H,24,25)(H,20,21,26). The van der Waals surface area contributed by atoms with Crippen molar-refractivity contribution in [1.29, 1.82) is 0 Å². The Hall–Kier alpha value is -3.08. The van der Waals surface area contributed by atoms with Crippen LogP contribution in [-0.2, 0) is 14.4 Å². The van der Waals surface area contributed by atoms with Crippen molar-refractivity contribution in [2.75, 3.05) is 13.7 Å². The molecule has 150 valence electrons. The van der Waals surface area contributed by atoms with Crippen molar-refractivity contribution in [3.63, 3.8) is 0 Å². The number of rotatable bonds is 9. The van der Waals surface area contributed by atoms with Crippen LogP contribution in [0.1, 0.15) is 24.8 Å². The Balaban J connectivity index is 1.84. The molecule has 1 heterocycles. The van der Waals surface area contributed by atoms with Crippen molar-refractivity contribution in [3.05, 3.63) is 23.8 Å². The van der Waals surface area contributed by atoms with Gasteiger partial charge in [0.25, 0.3) is 0 Å². The van der Waals surface area contributed by atoms with Gasteiger partial charge in [0.2, 0.25) is 11.8 Å². The summed E-state index contributed by atoms with van der Waals surface area (Å²) in [7, 11) is 1.43. The van der Waals surface area contributed by atoms with E-state index in [-0.39, 0.29) is 42.1 Å². The molecule has 0 bridgehead atoms. The molecule has 11 heteroatoms. The number of nitrogens with one attached hydrogen (secondary N) is 2. The molecule has 1 unspecified atom stereocenters. The monoisotopic (exact) mass is 408 g/mol. The minimum absolute atomic E-state index is 0.00801. The van der Waals surface area contributed by atoms with E-state index >= 15 is 0 Å². The van der Waals surface area contributed by atoms with Crippen LogP contribution >= 0.6 is 11.8 Å². The second-order valence-electron chi connectivity index (χ2n) is 5.73. The molecular weight excluding hydrogens is 388 g/mol. The number of benzene rings is 1. The number of hydrogen-bond acceptors (Lipinski definition) is 8. The van der Waals surface area contributed by atoms with Gasteiger partial charge in [-0.2, -0.15) is 5.10 Å². The summed E-state index contributed by atoms with van der Waals surface area (Å²) in [6.45, 7) is 0.242. The summed E-state index contributed by atoms with van der Waals surface area (Å²) >= 11 is 1.09. The Morgan fingerprint density at radius 1 is 1.43 bits per heavy atom. The third-order valence-electron chi connectivity index (χ3n) is 3.60. The predicted molar refractivity (Wildman–Crippen MR) is 104 cm³/mol. The Morgan fingerprint density at radius 3 is 2.93 bits per heavy atom. The van der Waals surface area contributed by atoms with Crippen LogP contribution in [-0.4, -0.2) is 58.3 Å². The van der Waals surface area contributed by atoms with Gasteiger partial charge in [0.1, 0.15) is 5.25 Å². The van der Waals surface area contributed by atoms with E-state index in [0.29, 0.717) is 17.7 Å². The highest BCUT2D eigenvalue weighted by atomic mass is 32.2. The number of amides is 2. The second kappa shape index (κ2) is 10.3. The summed E-state index contributed by atoms with van der Waals surface area (Å²) in [5, 5.41) is 30.7. The van der Waals surface area contributed by atoms with Crippen LogP contribution in [0, 0.1) is 0 Å². The molecule has 1 aromatic rings. The maximum Gasteiger partial charge on any atom is 0.303 e. The maximum atomic E-state index is 11.9. The Morgan fingerprint density at radius 2 is 2.21 bits per heavy atom. The largest absolute Gasteiger partial charge is 0.504 e. The molecule has 1 aliphatic rings. The average molecular weight is 408 g/mol. The maximum absolute atomic E-state index is 11.9. The van der Waals surface area contributed by atoms with Gasteiger partial charge in [-0.3, -0.25) is 14.4 Å². The number of ether oxygens (including phenoxy) is 1. The quantitative estimate of drug-likeness (QED) is 0.267. The zero-order valence-corrected chi connectivity index (χ0v) is 15.9. The molecule has 1 fully saturated rings. The van der Waals surface area contributed by atoms with Crippen LogP contribution in [0.3, 0.4) is 0 Å². The molecule has 4 N–H and O–H groups in total. The highest BCUT2D eigenvalue weighted by Gasteiger charge is 2.32. The summed E-state index contributed by atoms with van der Waals surface area (Å²) in [5.41, 5.74) is 0.644. The van der Waals surface area contributed by atoms with Crippen LogP contribution in [0.2, 0.25) is 0 Å². The van der Waals surface area contributed by atoms with Gasteiger partial charge in [-0.05, 0) is 30.2 Å². The first-order valence-electron chi connectivity index (χ1n) is 8.33. The lowest BCUT2D eigenvalue weighted by atomic mass is 10.2. The minimum Gasteiger partial charge on any atom is -0.504 e. The van der Waals surface area contributed by atoms with Crippen LogP contribution in [0.4, 0.5) is 0 Å². The van der Waals surface area contributed by atoms with Crippen molar-refractivity contribution >= 4 is 40.9 Å². The molecule has 28 heavy (non-hydrogen) atoms. The topological polar surface area (TPSA) is 150 Å². The number of carboxylic acid groups (broad SMARTS) is 1. The smallest absolute Gasteiger partial charge is 0.303 e.